The third kappa shape index (κ3) is 6.38. The van der Waals surface area contributed by atoms with E-state index >= 15 is 0 Å². The van der Waals surface area contributed by atoms with Gasteiger partial charge in [-0.25, -0.2) is 0 Å². The van der Waals surface area contributed by atoms with Crippen molar-refractivity contribution in [2.75, 3.05) is 0 Å². The Morgan fingerprint density at radius 2 is 0.891 bits per heavy atom. The van der Waals surface area contributed by atoms with Crippen molar-refractivity contribution >= 4 is 33.3 Å². The highest BCUT2D eigenvalue weighted by atomic mass is 16.3. The third-order valence-corrected chi connectivity index (χ3v) is 10.9. The fourth-order valence-corrected chi connectivity index (χ4v) is 8.00. The van der Waals surface area contributed by atoms with Crippen LogP contribution < -0.4 is 0 Å². The average Bonchev–Trinajstić information content (AvgIpc) is 3.66. The van der Waals surface area contributed by atoms with Gasteiger partial charge in [-0.1, -0.05) is 182 Å². The summed E-state index contributed by atoms with van der Waals surface area (Å²) in [5.74, 6) is 0.170. The van der Waals surface area contributed by atoms with Gasteiger partial charge in [-0.2, -0.15) is 0 Å². The highest BCUT2D eigenvalue weighted by Crippen LogP contribution is 2.40. The summed E-state index contributed by atoms with van der Waals surface area (Å²) in [5.41, 5.74) is 16.9. The standard InChI is InChI=1S/C53H37NO/c1-4-12-36(13-5-1)38-22-28-41(29-23-38)46-34-49(42-16-8-3-9-17-42)54-50(35-46)47-20-11-21-52-53(47)48-33-45(30-31-51(48)55-52)40-26-24-39(25-27-40)44-19-10-18-43(32-44)37-14-6-2-7-15-37/h1-34,46H,35H2. The van der Waals surface area contributed by atoms with Crippen molar-refractivity contribution < 1.29 is 4.42 Å². The molecule has 1 aliphatic rings. The lowest BCUT2D eigenvalue weighted by atomic mass is 9.85. The lowest BCUT2D eigenvalue weighted by molar-refractivity contribution is 0.669. The van der Waals surface area contributed by atoms with Crippen molar-refractivity contribution in [3.05, 3.63) is 223 Å². The predicted molar refractivity (Wildman–Crippen MR) is 230 cm³/mol. The molecular weight excluding hydrogens is 667 g/mol. The van der Waals surface area contributed by atoms with Crippen LogP contribution in [0.3, 0.4) is 0 Å². The van der Waals surface area contributed by atoms with Crippen LogP contribution in [-0.2, 0) is 0 Å². The van der Waals surface area contributed by atoms with Crippen molar-refractivity contribution in [1.29, 1.82) is 0 Å². The van der Waals surface area contributed by atoms with E-state index in [-0.39, 0.29) is 5.92 Å². The van der Waals surface area contributed by atoms with E-state index in [2.05, 4.69) is 206 Å². The minimum Gasteiger partial charge on any atom is -0.456 e. The number of hydrogen-bond acceptors (Lipinski definition) is 2. The highest BCUT2D eigenvalue weighted by molar-refractivity contribution is 6.20. The molecule has 0 aliphatic carbocycles. The Morgan fingerprint density at radius 1 is 0.400 bits per heavy atom. The molecule has 0 saturated heterocycles. The molecule has 0 spiro atoms. The fourth-order valence-electron chi connectivity index (χ4n) is 8.00. The zero-order chi connectivity index (χ0) is 36.6. The first-order valence-corrected chi connectivity index (χ1v) is 19.0. The summed E-state index contributed by atoms with van der Waals surface area (Å²) in [6.45, 7) is 0. The molecule has 0 fully saturated rings. The number of allylic oxidation sites excluding steroid dienone is 1. The lowest BCUT2D eigenvalue weighted by Gasteiger charge is -2.23. The smallest absolute Gasteiger partial charge is 0.136 e. The maximum Gasteiger partial charge on any atom is 0.136 e. The summed E-state index contributed by atoms with van der Waals surface area (Å²) in [5, 5.41) is 2.21. The van der Waals surface area contributed by atoms with Crippen molar-refractivity contribution in [1.82, 2.24) is 0 Å². The second-order valence-electron chi connectivity index (χ2n) is 14.3. The molecule has 55 heavy (non-hydrogen) atoms. The van der Waals surface area contributed by atoms with Gasteiger partial charge in [0, 0.05) is 34.4 Å². The van der Waals surface area contributed by atoms with Crippen LogP contribution in [-0.4, -0.2) is 5.71 Å². The summed E-state index contributed by atoms with van der Waals surface area (Å²) in [6.07, 6.45) is 3.13. The Labute approximate surface area is 321 Å². The van der Waals surface area contributed by atoms with Crippen LogP contribution in [0, 0.1) is 0 Å². The minimum atomic E-state index is 0.170. The second kappa shape index (κ2) is 14.1. The van der Waals surface area contributed by atoms with Gasteiger partial charge in [-0.05, 0) is 79.9 Å². The molecule has 0 bridgehead atoms. The topological polar surface area (TPSA) is 25.5 Å². The van der Waals surface area contributed by atoms with Crippen LogP contribution in [0.25, 0.3) is 72.1 Å². The largest absolute Gasteiger partial charge is 0.456 e. The molecule has 0 amide bonds. The lowest BCUT2D eigenvalue weighted by Crippen LogP contribution is -2.12. The summed E-state index contributed by atoms with van der Waals surface area (Å²) in [7, 11) is 0. The molecule has 0 saturated carbocycles. The molecule has 1 aromatic heterocycles. The van der Waals surface area contributed by atoms with Crippen LogP contribution in [0.2, 0.25) is 0 Å². The van der Waals surface area contributed by atoms with Crippen molar-refractivity contribution in [2.45, 2.75) is 12.3 Å². The Morgan fingerprint density at radius 3 is 1.55 bits per heavy atom. The molecule has 2 heterocycles. The van der Waals surface area contributed by atoms with Crippen LogP contribution in [0.1, 0.15) is 29.0 Å². The first-order valence-electron chi connectivity index (χ1n) is 19.0. The molecule has 0 N–H and O–H groups in total. The molecule has 10 rings (SSSR count). The van der Waals surface area contributed by atoms with E-state index in [0.29, 0.717) is 0 Å². The maximum atomic E-state index is 6.51. The third-order valence-electron chi connectivity index (χ3n) is 10.9. The van der Waals surface area contributed by atoms with Gasteiger partial charge in [0.15, 0.2) is 0 Å². The molecular formula is C53H37NO. The predicted octanol–water partition coefficient (Wildman–Crippen LogP) is 14.3. The Balaban J connectivity index is 1.01. The average molecular weight is 704 g/mol. The van der Waals surface area contributed by atoms with Gasteiger partial charge in [-0.15, -0.1) is 0 Å². The number of rotatable bonds is 7. The molecule has 260 valence electrons. The molecule has 1 unspecified atom stereocenters. The number of benzene rings is 8. The SMILES string of the molecule is C1=C(c2ccccc2)N=C(c2cccc3oc4ccc(-c5ccc(-c6cccc(-c7ccccc7)c6)cc5)cc4c23)CC1c1ccc(-c2ccccc2)cc1. The van der Waals surface area contributed by atoms with E-state index in [9.17, 15) is 0 Å². The molecule has 9 aromatic rings. The molecule has 1 atom stereocenters. The van der Waals surface area contributed by atoms with Gasteiger partial charge >= 0.3 is 0 Å². The van der Waals surface area contributed by atoms with Gasteiger partial charge in [-0.3, -0.25) is 4.99 Å². The van der Waals surface area contributed by atoms with E-state index in [1.54, 1.807) is 0 Å². The highest BCUT2D eigenvalue weighted by Gasteiger charge is 2.24. The van der Waals surface area contributed by atoms with Gasteiger partial charge in [0.1, 0.15) is 11.2 Å². The molecule has 1 aliphatic heterocycles. The minimum absolute atomic E-state index is 0.170. The summed E-state index contributed by atoms with van der Waals surface area (Å²) < 4.78 is 6.51. The zero-order valence-electron chi connectivity index (χ0n) is 30.3. The van der Waals surface area contributed by atoms with Gasteiger partial charge < -0.3 is 4.42 Å². The Kier molecular flexibility index (Phi) is 8.35. The van der Waals surface area contributed by atoms with E-state index < -0.39 is 0 Å². The number of aliphatic imine (C=N–C) groups is 1. The zero-order valence-corrected chi connectivity index (χ0v) is 30.3. The fraction of sp³-hybridized carbons (Fsp3) is 0.0377. The summed E-state index contributed by atoms with van der Waals surface area (Å²) >= 11 is 0. The normalized spacial score (nSPS) is 14.1. The van der Waals surface area contributed by atoms with Crippen molar-refractivity contribution in [2.24, 2.45) is 4.99 Å². The Hall–Kier alpha value is -7.03. The van der Waals surface area contributed by atoms with Crippen LogP contribution >= 0.6 is 0 Å². The van der Waals surface area contributed by atoms with E-state index in [4.69, 9.17) is 9.41 Å². The molecule has 8 aromatic carbocycles. The number of nitrogens with zero attached hydrogens (tertiary/aromatic N) is 1. The first-order chi connectivity index (χ1) is 27.2. The van der Waals surface area contributed by atoms with Crippen LogP contribution in [0.4, 0.5) is 0 Å². The molecule has 2 heteroatoms. The van der Waals surface area contributed by atoms with Crippen LogP contribution in [0.5, 0.6) is 0 Å². The molecule has 2 nitrogen and oxygen atoms in total. The van der Waals surface area contributed by atoms with Crippen LogP contribution in [0.15, 0.2) is 216 Å². The number of hydrogen-bond donors (Lipinski definition) is 0. The van der Waals surface area contributed by atoms with Crippen molar-refractivity contribution in [3.63, 3.8) is 0 Å². The van der Waals surface area contributed by atoms with E-state index in [1.807, 2.05) is 0 Å². The number of fused-ring (bicyclic) bond motifs is 3. The van der Waals surface area contributed by atoms with E-state index in [1.165, 1.54) is 44.5 Å². The summed E-state index contributed by atoms with van der Waals surface area (Å²) in [6, 6.07) is 71.3. The quantitative estimate of drug-likeness (QED) is 0.162. The van der Waals surface area contributed by atoms with Gasteiger partial charge in [0.05, 0.1) is 5.70 Å². The Bertz CT molecular complexity index is 2850. The maximum absolute atomic E-state index is 6.51. The van der Waals surface area contributed by atoms with Gasteiger partial charge in [0.2, 0.25) is 0 Å². The first kappa shape index (κ1) is 32.6. The van der Waals surface area contributed by atoms with Gasteiger partial charge in [0.25, 0.3) is 0 Å². The monoisotopic (exact) mass is 703 g/mol. The van der Waals surface area contributed by atoms with E-state index in [0.717, 1.165) is 56.5 Å². The summed E-state index contributed by atoms with van der Waals surface area (Å²) in [4.78, 5) is 5.38. The number of furan rings is 1. The van der Waals surface area contributed by atoms with Crippen molar-refractivity contribution in [3.8, 4) is 44.5 Å². The molecule has 0 radical (unpaired) electrons. The second-order valence-corrected chi connectivity index (χ2v) is 14.3.